The first-order valence-electron chi connectivity index (χ1n) is 10.6. The molecule has 172 valence electrons. The van der Waals surface area contributed by atoms with Crippen LogP contribution in [0.1, 0.15) is 32.1 Å². The highest BCUT2D eigenvalue weighted by Gasteiger charge is 2.63. The lowest BCUT2D eigenvalue weighted by Gasteiger charge is -2.29. The Balaban J connectivity index is 0.000000858. The van der Waals surface area contributed by atoms with Crippen LogP contribution in [0.25, 0.3) is 0 Å². The molecule has 2 bridgehead atoms. The molecule has 1 spiro atoms. The number of carbonyl (C=O) groups excluding carboxylic acids is 2. The fourth-order valence-corrected chi connectivity index (χ4v) is 5.07. The van der Waals surface area contributed by atoms with Gasteiger partial charge < -0.3 is 24.8 Å². The van der Waals surface area contributed by atoms with E-state index in [2.05, 4.69) is 15.4 Å². The molecule has 11 nitrogen and oxygen atoms in total. The average Bonchev–Trinajstić information content (AvgIpc) is 3.52. The van der Waals surface area contributed by atoms with E-state index in [1.54, 1.807) is 18.1 Å². The summed E-state index contributed by atoms with van der Waals surface area (Å²) in [6.45, 7) is 2.92. The Morgan fingerprint density at radius 1 is 1.42 bits per heavy atom. The molecule has 4 heterocycles. The van der Waals surface area contributed by atoms with E-state index in [9.17, 15) is 9.59 Å². The highest BCUT2D eigenvalue weighted by molar-refractivity contribution is 5.77. The summed E-state index contributed by atoms with van der Waals surface area (Å²) in [7, 11) is 1.61. The van der Waals surface area contributed by atoms with Crippen LogP contribution in [0, 0.1) is 11.8 Å². The SMILES string of the molecule is COCCC(=O)N1C[C@@H]2[C@H](CNC(=O)CCCn3cncn3)[C@H]3CC[C@]2(C1)O3.O=CO. The smallest absolute Gasteiger partial charge is 0.290 e. The van der Waals surface area contributed by atoms with Gasteiger partial charge in [-0.1, -0.05) is 0 Å². The van der Waals surface area contributed by atoms with Gasteiger partial charge in [-0.3, -0.25) is 19.1 Å². The third-order valence-electron chi connectivity index (χ3n) is 6.45. The van der Waals surface area contributed by atoms with Crippen LogP contribution in [0.4, 0.5) is 0 Å². The van der Waals surface area contributed by atoms with E-state index in [4.69, 9.17) is 19.4 Å². The second kappa shape index (κ2) is 10.7. The molecule has 0 saturated carbocycles. The maximum absolute atomic E-state index is 12.4. The van der Waals surface area contributed by atoms with Crippen LogP contribution in [-0.2, 0) is 30.4 Å². The fraction of sp³-hybridized carbons (Fsp3) is 0.750. The molecule has 0 radical (unpaired) electrons. The molecule has 3 aliphatic rings. The largest absolute Gasteiger partial charge is 0.483 e. The van der Waals surface area contributed by atoms with Crippen LogP contribution in [0.2, 0.25) is 0 Å². The standard InChI is InChI=1S/C19H29N5O4.CH2O2/c1-27-8-5-18(26)23-10-15-14(16-4-6-19(15,11-23)28-16)9-21-17(25)3-2-7-24-13-20-12-22-24;2-1-3/h12-16H,2-11H2,1H3,(H,21,25);1H,(H,2,3)/t14-,15+,16+,19+;/m0./s1. The molecule has 0 aromatic carbocycles. The minimum atomic E-state index is -0.250. The third-order valence-corrected chi connectivity index (χ3v) is 6.45. The van der Waals surface area contributed by atoms with Gasteiger partial charge in [-0.2, -0.15) is 5.10 Å². The van der Waals surface area contributed by atoms with Crippen LogP contribution in [0.5, 0.6) is 0 Å². The summed E-state index contributed by atoms with van der Waals surface area (Å²) >= 11 is 0. The molecule has 1 aromatic rings. The van der Waals surface area contributed by atoms with Crippen molar-refractivity contribution in [3.8, 4) is 0 Å². The van der Waals surface area contributed by atoms with Crippen molar-refractivity contribution in [2.24, 2.45) is 11.8 Å². The topological polar surface area (TPSA) is 136 Å². The number of fused-ring (bicyclic) bond motifs is 1. The lowest BCUT2D eigenvalue weighted by molar-refractivity contribution is -0.132. The van der Waals surface area contributed by atoms with Gasteiger partial charge in [-0.05, 0) is 19.3 Å². The first kappa shape index (κ1) is 23.1. The Morgan fingerprint density at radius 2 is 2.23 bits per heavy atom. The summed E-state index contributed by atoms with van der Waals surface area (Å²) in [6.07, 6.45) is 7.00. The number of nitrogens with zero attached hydrogens (tertiary/aromatic N) is 4. The molecule has 3 saturated heterocycles. The number of aryl methyl sites for hydroxylation is 1. The average molecular weight is 437 g/mol. The van der Waals surface area contributed by atoms with Gasteiger partial charge in [-0.15, -0.1) is 0 Å². The molecule has 11 heteroatoms. The fourth-order valence-electron chi connectivity index (χ4n) is 5.07. The maximum Gasteiger partial charge on any atom is 0.290 e. The van der Waals surface area contributed by atoms with Gasteiger partial charge in [0.1, 0.15) is 12.7 Å². The second-order valence-electron chi connectivity index (χ2n) is 8.22. The van der Waals surface area contributed by atoms with Crippen molar-refractivity contribution in [2.45, 2.75) is 50.4 Å². The predicted molar refractivity (Wildman–Crippen MR) is 108 cm³/mol. The van der Waals surface area contributed by atoms with Crippen molar-refractivity contribution in [3.05, 3.63) is 12.7 Å². The van der Waals surface area contributed by atoms with E-state index in [1.807, 2.05) is 4.90 Å². The second-order valence-corrected chi connectivity index (χ2v) is 8.22. The first-order chi connectivity index (χ1) is 15.0. The lowest BCUT2D eigenvalue weighted by Crippen LogP contribution is -2.41. The summed E-state index contributed by atoms with van der Waals surface area (Å²) in [4.78, 5) is 38.8. The minimum Gasteiger partial charge on any atom is -0.483 e. The van der Waals surface area contributed by atoms with Crippen molar-refractivity contribution < 1.29 is 29.0 Å². The van der Waals surface area contributed by atoms with E-state index >= 15 is 0 Å². The predicted octanol–water partition coefficient (Wildman–Crippen LogP) is -0.0822. The van der Waals surface area contributed by atoms with Crippen molar-refractivity contribution in [3.63, 3.8) is 0 Å². The summed E-state index contributed by atoms with van der Waals surface area (Å²) in [6, 6.07) is 0. The molecule has 3 fully saturated rings. The number of carbonyl (C=O) groups is 3. The zero-order chi connectivity index (χ0) is 22.3. The molecule has 4 atom stereocenters. The Morgan fingerprint density at radius 3 is 2.94 bits per heavy atom. The summed E-state index contributed by atoms with van der Waals surface area (Å²) in [5, 5.41) is 14.0. The van der Waals surface area contributed by atoms with E-state index < -0.39 is 0 Å². The molecule has 0 unspecified atom stereocenters. The first-order valence-corrected chi connectivity index (χ1v) is 10.6. The van der Waals surface area contributed by atoms with E-state index in [0.29, 0.717) is 45.0 Å². The van der Waals surface area contributed by atoms with Crippen molar-refractivity contribution >= 4 is 18.3 Å². The normalized spacial score (nSPS) is 28.0. The Hall–Kier alpha value is -2.53. The number of ether oxygens (including phenoxy) is 2. The van der Waals surface area contributed by atoms with Gasteiger partial charge in [0.05, 0.1) is 31.3 Å². The lowest BCUT2D eigenvalue weighted by atomic mass is 9.73. The van der Waals surface area contributed by atoms with Crippen LogP contribution < -0.4 is 5.32 Å². The van der Waals surface area contributed by atoms with Crippen molar-refractivity contribution in [2.75, 3.05) is 33.4 Å². The summed E-state index contributed by atoms with van der Waals surface area (Å²) < 4.78 is 13.1. The van der Waals surface area contributed by atoms with E-state index in [0.717, 1.165) is 25.8 Å². The van der Waals surface area contributed by atoms with Gasteiger partial charge in [-0.25, -0.2) is 4.98 Å². The van der Waals surface area contributed by atoms with Gasteiger partial charge in [0.15, 0.2) is 0 Å². The Bertz CT molecular complexity index is 744. The quantitative estimate of drug-likeness (QED) is 0.512. The van der Waals surface area contributed by atoms with Crippen molar-refractivity contribution in [1.82, 2.24) is 25.0 Å². The number of aromatic nitrogens is 3. The number of nitrogens with one attached hydrogen (secondary N) is 1. The number of amides is 2. The molecular weight excluding hydrogens is 406 g/mol. The van der Waals surface area contributed by atoms with Crippen LogP contribution in [0.3, 0.4) is 0 Å². The highest BCUT2D eigenvalue weighted by Crippen LogP contribution is 2.54. The zero-order valence-corrected chi connectivity index (χ0v) is 17.8. The Kier molecular flexibility index (Phi) is 7.97. The number of hydrogen-bond donors (Lipinski definition) is 2. The van der Waals surface area contributed by atoms with E-state index in [-0.39, 0.29) is 35.9 Å². The molecule has 0 aliphatic carbocycles. The molecule has 4 rings (SSSR count). The molecule has 2 amide bonds. The molecular formula is C20H31N5O6. The number of likely N-dealkylation sites (tertiary alicyclic amines) is 1. The van der Waals surface area contributed by atoms with Gasteiger partial charge >= 0.3 is 0 Å². The number of rotatable bonds is 9. The minimum absolute atomic E-state index is 0.0583. The zero-order valence-electron chi connectivity index (χ0n) is 17.8. The van der Waals surface area contributed by atoms with Crippen LogP contribution in [0.15, 0.2) is 12.7 Å². The van der Waals surface area contributed by atoms with E-state index in [1.165, 1.54) is 6.33 Å². The van der Waals surface area contributed by atoms with Gasteiger partial charge in [0.2, 0.25) is 11.8 Å². The molecule has 31 heavy (non-hydrogen) atoms. The summed E-state index contributed by atoms with van der Waals surface area (Å²) in [5.41, 5.74) is -0.199. The monoisotopic (exact) mass is 437 g/mol. The number of methoxy groups -OCH3 is 1. The van der Waals surface area contributed by atoms with Crippen molar-refractivity contribution in [1.29, 1.82) is 0 Å². The van der Waals surface area contributed by atoms with Gasteiger partial charge in [0, 0.05) is 45.0 Å². The van der Waals surface area contributed by atoms with Crippen LogP contribution >= 0.6 is 0 Å². The summed E-state index contributed by atoms with van der Waals surface area (Å²) in [5.74, 6) is 0.790. The Labute approximate surface area is 181 Å². The van der Waals surface area contributed by atoms with Crippen LogP contribution in [-0.4, -0.2) is 88.1 Å². The third kappa shape index (κ3) is 5.40. The molecule has 1 aromatic heterocycles. The molecule has 3 aliphatic heterocycles. The maximum atomic E-state index is 12.4. The molecule has 2 N–H and O–H groups in total. The number of carboxylic acid groups (broad SMARTS) is 1. The number of hydrogen-bond acceptors (Lipinski definition) is 7. The van der Waals surface area contributed by atoms with Gasteiger partial charge in [0.25, 0.3) is 6.47 Å². The highest BCUT2D eigenvalue weighted by atomic mass is 16.5.